The number of esters is 4. The number of carbonyl (C=O) groups excluding carboxylic acids is 4. The van der Waals surface area contributed by atoms with Crippen LogP contribution in [0, 0.1) is 5.92 Å². The highest BCUT2D eigenvalue weighted by Crippen LogP contribution is 2.45. The Labute approximate surface area is 479 Å². The molecule has 0 aliphatic carbocycles. The second-order valence-corrected chi connectivity index (χ2v) is 25.1. The Morgan fingerprint density at radius 1 is 0.342 bits per heavy atom. The maximum Gasteiger partial charge on any atom is 0.472 e. The zero-order valence-corrected chi connectivity index (χ0v) is 52.3. The number of phosphoric acid groups is 2. The van der Waals surface area contributed by atoms with Gasteiger partial charge in [-0.1, -0.05) is 247 Å². The molecule has 0 spiro atoms. The molecule has 0 saturated heterocycles. The molecule has 0 aromatic rings. The van der Waals surface area contributed by atoms with Crippen molar-refractivity contribution in [2.75, 3.05) is 39.6 Å². The van der Waals surface area contributed by atoms with Crippen LogP contribution in [0.5, 0.6) is 0 Å². The van der Waals surface area contributed by atoms with Crippen LogP contribution in [0.1, 0.15) is 298 Å². The summed E-state index contributed by atoms with van der Waals surface area (Å²) in [6.45, 7) is 7.05. The minimum Gasteiger partial charge on any atom is -0.462 e. The first-order valence-electron chi connectivity index (χ1n) is 31.6. The number of phosphoric ester groups is 2. The fourth-order valence-corrected chi connectivity index (χ4v) is 10.5. The monoisotopic (exact) mass is 1170 g/mol. The van der Waals surface area contributed by atoms with E-state index in [2.05, 4.69) is 34.6 Å². The van der Waals surface area contributed by atoms with Crippen LogP contribution in [0.4, 0.5) is 0 Å². The van der Waals surface area contributed by atoms with E-state index in [4.69, 9.17) is 37.0 Å². The molecular formula is C60H116O17P2. The van der Waals surface area contributed by atoms with Crippen molar-refractivity contribution >= 4 is 39.5 Å². The van der Waals surface area contributed by atoms with E-state index in [9.17, 15) is 43.2 Å². The first kappa shape index (κ1) is 77.1. The van der Waals surface area contributed by atoms with Crippen LogP contribution in [-0.2, 0) is 65.4 Å². The summed E-state index contributed by atoms with van der Waals surface area (Å²) in [5.74, 6) is -1.44. The topological polar surface area (TPSA) is 237 Å². The van der Waals surface area contributed by atoms with Crippen molar-refractivity contribution in [1.82, 2.24) is 0 Å². The standard InChI is InChI=1S/C60H116O17P2/c1-6-9-12-15-18-20-21-22-23-25-30-36-41-46-60(65)77-56(50-71-58(63)44-39-34-31-26-28-32-37-42-53(4)5)52-75-79(68,69)73-48-54(61)47-72-78(66,67)74-51-55(49-70-57(62)43-38-33-27-17-14-11-8-3)76-59(64)45-40-35-29-24-19-16-13-10-7-2/h53-56,61H,6-52H2,1-5H3,(H,66,67)(H,68,69)/t54-,55+,56+/m0/s1. The summed E-state index contributed by atoms with van der Waals surface area (Å²) in [4.78, 5) is 71.8. The zero-order valence-electron chi connectivity index (χ0n) is 50.5. The minimum atomic E-state index is -4.94. The SMILES string of the molecule is CCCCCCCCCCCCCCCC(=O)O[C@H](COC(=O)CCCCCCCCCC(C)C)COP(=O)(O)OC[C@@H](O)COP(=O)(O)OC[C@@H](COC(=O)CCCCCCCCC)OC(=O)CCCCCCCCCCC. The van der Waals surface area contributed by atoms with E-state index in [0.717, 1.165) is 109 Å². The van der Waals surface area contributed by atoms with Gasteiger partial charge in [0.2, 0.25) is 0 Å². The number of unbranched alkanes of at least 4 members (excludes halogenated alkanes) is 32. The average Bonchev–Trinajstić information content (AvgIpc) is 3.41. The van der Waals surface area contributed by atoms with Crippen molar-refractivity contribution in [3.05, 3.63) is 0 Å². The van der Waals surface area contributed by atoms with Gasteiger partial charge < -0.3 is 33.8 Å². The number of rotatable bonds is 60. The normalized spacial score (nSPS) is 14.3. The van der Waals surface area contributed by atoms with E-state index in [-0.39, 0.29) is 25.7 Å². The summed E-state index contributed by atoms with van der Waals surface area (Å²) in [6.07, 6.45) is 36.3. The van der Waals surface area contributed by atoms with Crippen molar-refractivity contribution in [3.63, 3.8) is 0 Å². The van der Waals surface area contributed by atoms with Crippen molar-refractivity contribution < 1.29 is 80.2 Å². The highest BCUT2D eigenvalue weighted by Gasteiger charge is 2.30. The number of aliphatic hydroxyl groups excluding tert-OH is 1. The summed E-state index contributed by atoms with van der Waals surface area (Å²) in [5.41, 5.74) is 0. The summed E-state index contributed by atoms with van der Waals surface area (Å²) in [5, 5.41) is 10.5. The third-order valence-electron chi connectivity index (χ3n) is 13.8. The Kier molecular flexibility index (Phi) is 52.7. The molecule has 19 heteroatoms. The minimum absolute atomic E-state index is 0.105. The molecule has 0 bridgehead atoms. The molecule has 0 heterocycles. The molecule has 0 fully saturated rings. The summed E-state index contributed by atoms with van der Waals surface area (Å²) in [7, 11) is -9.87. The maximum atomic E-state index is 12.9. The summed E-state index contributed by atoms with van der Waals surface area (Å²) in [6, 6.07) is 0. The Morgan fingerprint density at radius 2 is 0.582 bits per heavy atom. The molecule has 79 heavy (non-hydrogen) atoms. The molecule has 5 atom stereocenters. The van der Waals surface area contributed by atoms with E-state index >= 15 is 0 Å². The van der Waals surface area contributed by atoms with Gasteiger partial charge in [-0.2, -0.15) is 0 Å². The van der Waals surface area contributed by atoms with Gasteiger partial charge in [0.1, 0.15) is 19.3 Å². The molecule has 0 rings (SSSR count). The van der Waals surface area contributed by atoms with Gasteiger partial charge >= 0.3 is 39.5 Å². The van der Waals surface area contributed by atoms with E-state index in [0.29, 0.717) is 31.6 Å². The molecule has 0 aliphatic heterocycles. The van der Waals surface area contributed by atoms with Crippen molar-refractivity contribution in [2.45, 2.75) is 316 Å². The van der Waals surface area contributed by atoms with Gasteiger partial charge in [0, 0.05) is 25.7 Å². The van der Waals surface area contributed by atoms with Gasteiger partial charge in [0.25, 0.3) is 0 Å². The average molecular weight is 1170 g/mol. The lowest BCUT2D eigenvalue weighted by molar-refractivity contribution is -0.161. The largest absolute Gasteiger partial charge is 0.472 e. The number of hydrogen-bond donors (Lipinski definition) is 3. The third-order valence-corrected chi connectivity index (χ3v) is 15.7. The Balaban J connectivity index is 5.21. The van der Waals surface area contributed by atoms with Gasteiger partial charge in [0.05, 0.1) is 26.4 Å². The van der Waals surface area contributed by atoms with Gasteiger partial charge in [-0.3, -0.25) is 37.3 Å². The molecular weight excluding hydrogens is 1050 g/mol. The van der Waals surface area contributed by atoms with E-state index < -0.39 is 97.5 Å². The van der Waals surface area contributed by atoms with Crippen LogP contribution in [0.3, 0.4) is 0 Å². The second kappa shape index (κ2) is 54.0. The molecule has 0 radical (unpaired) electrons. The van der Waals surface area contributed by atoms with Gasteiger partial charge in [-0.15, -0.1) is 0 Å². The third kappa shape index (κ3) is 55.0. The van der Waals surface area contributed by atoms with Crippen LogP contribution in [0.15, 0.2) is 0 Å². The molecule has 2 unspecified atom stereocenters. The summed E-state index contributed by atoms with van der Waals surface area (Å²) < 4.78 is 67.7. The van der Waals surface area contributed by atoms with Crippen molar-refractivity contribution in [3.8, 4) is 0 Å². The highest BCUT2D eigenvalue weighted by atomic mass is 31.2. The lowest BCUT2D eigenvalue weighted by Gasteiger charge is -2.21. The second-order valence-electron chi connectivity index (χ2n) is 22.2. The number of carbonyl (C=O) groups is 4. The van der Waals surface area contributed by atoms with Crippen molar-refractivity contribution in [1.29, 1.82) is 0 Å². The molecule has 0 aromatic heterocycles. The molecule has 468 valence electrons. The lowest BCUT2D eigenvalue weighted by atomic mass is 10.0. The van der Waals surface area contributed by atoms with E-state index in [1.165, 1.54) is 103 Å². The fourth-order valence-electron chi connectivity index (χ4n) is 8.88. The molecule has 3 N–H and O–H groups in total. The van der Waals surface area contributed by atoms with E-state index in [1.54, 1.807) is 0 Å². The van der Waals surface area contributed by atoms with Crippen molar-refractivity contribution in [2.24, 2.45) is 5.92 Å². The molecule has 0 saturated carbocycles. The first-order valence-corrected chi connectivity index (χ1v) is 34.6. The summed E-state index contributed by atoms with van der Waals surface area (Å²) >= 11 is 0. The Morgan fingerprint density at radius 3 is 0.861 bits per heavy atom. The van der Waals surface area contributed by atoms with Gasteiger partial charge in [-0.05, 0) is 31.6 Å². The maximum absolute atomic E-state index is 12.9. The molecule has 0 aliphatic rings. The highest BCUT2D eigenvalue weighted by molar-refractivity contribution is 7.47. The quantitative estimate of drug-likeness (QED) is 0.0222. The molecule has 0 amide bonds. The van der Waals surface area contributed by atoms with Crippen LogP contribution in [0.25, 0.3) is 0 Å². The number of hydrogen-bond acceptors (Lipinski definition) is 15. The van der Waals surface area contributed by atoms with Crippen LogP contribution in [-0.4, -0.2) is 96.7 Å². The van der Waals surface area contributed by atoms with E-state index in [1.807, 2.05) is 0 Å². The smallest absolute Gasteiger partial charge is 0.462 e. The molecule has 17 nitrogen and oxygen atoms in total. The van der Waals surface area contributed by atoms with Gasteiger partial charge in [-0.25, -0.2) is 9.13 Å². The Bertz CT molecular complexity index is 1550. The fraction of sp³-hybridized carbons (Fsp3) is 0.933. The lowest BCUT2D eigenvalue weighted by Crippen LogP contribution is -2.30. The predicted octanol–water partition coefficient (Wildman–Crippen LogP) is 16.2. The number of ether oxygens (including phenoxy) is 4. The zero-order chi connectivity index (χ0) is 58.5. The van der Waals surface area contributed by atoms with Crippen LogP contribution >= 0.6 is 15.6 Å². The van der Waals surface area contributed by atoms with Crippen LogP contribution < -0.4 is 0 Å². The number of aliphatic hydroxyl groups is 1. The Hall–Kier alpha value is -1.94. The molecule has 0 aromatic carbocycles. The first-order chi connectivity index (χ1) is 38.0. The van der Waals surface area contributed by atoms with Gasteiger partial charge in [0.15, 0.2) is 12.2 Å². The predicted molar refractivity (Wildman–Crippen MR) is 312 cm³/mol. The van der Waals surface area contributed by atoms with Crippen LogP contribution in [0.2, 0.25) is 0 Å².